The van der Waals surface area contributed by atoms with Crippen LogP contribution in [0, 0.1) is 0 Å². The number of carbonyl (C=O) groups excluding carboxylic acids is 2. The first-order valence-electron chi connectivity index (χ1n) is 8.84. The molecule has 4 rings (SSSR count). The van der Waals surface area contributed by atoms with Gasteiger partial charge in [-0.2, -0.15) is 5.10 Å². The van der Waals surface area contributed by atoms with Gasteiger partial charge in [-0.1, -0.05) is 18.2 Å². The maximum Gasteiger partial charge on any atom is 0.328 e. The highest BCUT2D eigenvalue weighted by atomic mass is 16.5. The van der Waals surface area contributed by atoms with Crippen LogP contribution in [0.15, 0.2) is 65.8 Å². The Morgan fingerprint density at radius 2 is 1.90 bits per heavy atom. The first-order valence-corrected chi connectivity index (χ1v) is 8.84. The zero-order valence-corrected chi connectivity index (χ0v) is 15.5. The van der Waals surface area contributed by atoms with Crippen LogP contribution in [0.3, 0.4) is 0 Å². The number of hydrazone groups is 1. The molecule has 1 spiro atoms. The molecule has 146 valence electrons. The van der Waals surface area contributed by atoms with E-state index >= 15 is 0 Å². The minimum absolute atomic E-state index is 0.162. The van der Waals surface area contributed by atoms with Crippen LogP contribution >= 0.6 is 0 Å². The third-order valence-corrected chi connectivity index (χ3v) is 5.00. The van der Waals surface area contributed by atoms with E-state index in [1.807, 2.05) is 0 Å². The van der Waals surface area contributed by atoms with E-state index in [1.54, 1.807) is 55.6 Å². The molecule has 0 aromatic heterocycles. The second kappa shape index (κ2) is 6.90. The first kappa shape index (κ1) is 18.4. The number of carboxylic acids is 1. The van der Waals surface area contributed by atoms with Crippen molar-refractivity contribution in [1.29, 1.82) is 0 Å². The molecule has 0 radical (unpaired) electrons. The Kier molecular flexibility index (Phi) is 4.38. The number of nitrogens with one attached hydrogen (secondary N) is 1. The summed E-state index contributed by atoms with van der Waals surface area (Å²) in [7, 11) is 1.56. The molecule has 1 atom stereocenters. The SMILES string of the molecule is COc1ccc(C2=NN(C(=O)C=CC(=O)O)C3(C2)C(=O)Nc2ccccc23)cc1. The number of methoxy groups -OCH3 is 1. The average molecular weight is 391 g/mol. The van der Waals surface area contributed by atoms with Crippen LogP contribution in [0.25, 0.3) is 0 Å². The van der Waals surface area contributed by atoms with E-state index in [1.165, 1.54) is 0 Å². The van der Waals surface area contributed by atoms with Crippen molar-refractivity contribution in [3.05, 3.63) is 71.8 Å². The fraction of sp³-hybridized carbons (Fsp3) is 0.143. The quantitative estimate of drug-likeness (QED) is 0.776. The Balaban J connectivity index is 1.81. The number of carboxylic acid groups (broad SMARTS) is 1. The van der Waals surface area contributed by atoms with Gasteiger partial charge in [-0.05, 0) is 35.9 Å². The van der Waals surface area contributed by atoms with Gasteiger partial charge in [0, 0.05) is 29.8 Å². The lowest BCUT2D eigenvalue weighted by atomic mass is 9.85. The highest BCUT2D eigenvalue weighted by molar-refractivity contribution is 6.15. The molecular formula is C21H17N3O5. The Morgan fingerprint density at radius 3 is 2.59 bits per heavy atom. The molecule has 2 aliphatic heterocycles. The van der Waals surface area contributed by atoms with Gasteiger partial charge in [0.25, 0.3) is 11.8 Å². The van der Waals surface area contributed by atoms with E-state index in [0.29, 0.717) is 22.7 Å². The van der Waals surface area contributed by atoms with E-state index in [9.17, 15) is 14.4 Å². The van der Waals surface area contributed by atoms with Crippen molar-refractivity contribution in [2.75, 3.05) is 12.4 Å². The van der Waals surface area contributed by atoms with Crippen molar-refractivity contribution in [2.24, 2.45) is 5.10 Å². The lowest BCUT2D eigenvalue weighted by Crippen LogP contribution is -2.48. The van der Waals surface area contributed by atoms with E-state index < -0.39 is 17.4 Å². The summed E-state index contributed by atoms with van der Waals surface area (Å²) in [5.41, 5.74) is 1.13. The standard InChI is InChI=1S/C21H17N3O5/c1-29-14-8-6-13(7-9-14)17-12-21(24(23-17)18(25)10-11-19(26)27)15-4-2-3-5-16(15)22-20(21)28/h2-11H,12H2,1H3,(H,22,28)(H,26,27). The third-order valence-electron chi connectivity index (χ3n) is 5.00. The van der Waals surface area contributed by atoms with E-state index in [-0.39, 0.29) is 12.3 Å². The molecule has 29 heavy (non-hydrogen) atoms. The molecule has 0 bridgehead atoms. The predicted octanol–water partition coefficient (Wildman–Crippen LogP) is 2.12. The van der Waals surface area contributed by atoms with Gasteiger partial charge in [0.1, 0.15) is 5.75 Å². The van der Waals surface area contributed by atoms with Crippen LogP contribution in [-0.4, -0.2) is 40.7 Å². The molecule has 0 saturated heterocycles. The van der Waals surface area contributed by atoms with Gasteiger partial charge in [-0.15, -0.1) is 0 Å². The lowest BCUT2D eigenvalue weighted by Gasteiger charge is -2.29. The van der Waals surface area contributed by atoms with Crippen LogP contribution in [0.4, 0.5) is 5.69 Å². The first-order chi connectivity index (χ1) is 14.0. The monoisotopic (exact) mass is 391 g/mol. The van der Waals surface area contributed by atoms with Crippen molar-refractivity contribution in [1.82, 2.24) is 5.01 Å². The minimum atomic E-state index is -1.37. The molecule has 2 amide bonds. The zero-order chi connectivity index (χ0) is 20.6. The van der Waals surface area contributed by atoms with Crippen molar-refractivity contribution in [3.8, 4) is 5.75 Å². The second-order valence-corrected chi connectivity index (χ2v) is 6.63. The summed E-state index contributed by atoms with van der Waals surface area (Å²) < 4.78 is 5.17. The van der Waals surface area contributed by atoms with Crippen LogP contribution in [-0.2, 0) is 19.9 Å². The molecule has 2 aromatic carbocycles. The number of para-hydroxylation sites is 1. The molecule has 8 heteroatoms. The van der Waals surface area contributed by atoms with Crippen LogP contribution < -0.4 is 10.1 Å². The molecule has 2 aliphatic rings. The molecule has 1 unspecified atom stereocenters. The number of rotatable bonds is 4. The molecule has 2 N–H and O–H groups in total. The fourth-order valence-corrected chi connectivity index (χ4v) is 3.64. The molecule has 2 heterocycles. The largest absolute Gasteiger partial charge is 0.497 e. The van der Waals surface area contributed by atoms with Gasteiger partial charge in [0.2, 0.25) is 0 Å². The second-order valence-electron chi connectivity index (χ2n) is 6.63. The molecule has 0 saturated carbocycles. The average Bonchev–Trinajstić information content (AvgIpc) is 3.26. The number of benzene rings is 2. The Hall–Kier alpha value is -3.94. The summed E-state index contributed by atoms with van der Waals surface area (Å²) in [5.74, 6) is -1.67. The van der Waals surface area contributed by atoms with Gasteiger partial charge in [0.05, 0.1) is 12.8 Å². The van der Waals surface area contributed by atoms with E-state index in [4.69, 9.17) is 9.84 Å². The van der Waals surface area contributed by atoms with Crippen molar-refractivity contribution in [3.63, 3.8) is 0 Å². The topological polar surface area (TPSA) is 108 Å². The molecule has 0 aliphatic carbocycles. The van der Waals surface area contributed by atoms with Gasteiger partial charge >= 0.3 is 5.97 Å². The van der Waals surface area contributed by atoms with E-state index in [0.717, 1.165) is 22.7 Å². The van der Waals surface area contributed by atoms with E-state index in [2.05, 4.69) is 10.4 Å². The summed E-state index contributed by atoms with van der Waals surface area (Å²) in [4.78, 5) is 36.7. The minimum Gasteiger partial charge on any atom is -0.497 e. The summed E-state index contributed by atoms with van der Waals surface area (Å²) in [6.07, 6.45) is 1.79. The molecule has 0 fully saturated rings. The number of nitrogens with zero attached hydrogens (tertiary/aromatic N) is 2. The smallest absolute Gasteiger partial charge is 0.328 e. The predicted molar refractivity (Wildman–Crippen MR) is 105 cm³/mol. The number of anilines is 1. The summed E-state index contributed by atoms with van der Waals surface area (Å²) in [6.45, 7) is 0. The lowest BCUT2D eigenvalue weighted by molar-refractivity contribution is -0.140. The fourth-order valence-electron chi connectivity index (χ4n) is 3.64. The number of aliphatic carboxylic acids is 1. The van der Waals surface area contributed by atoms with Gasteiger partial charge in [-0.25, -0.2) is 9.80 Å². The third kappa shape index (κ3) is 2.94. The summed E-state index contributed by atoms with van der Waals surface area (Å²) in [6, 6.07) is 14.2. The number of hydrogen-bond donors (Lipinski definition) is 2. The highest BCUT2D eigenvalue weighted by Crippen LogP contribution is 2.47. The Bertz CT molecular complexity index is 1070. The van der Waals surface area contributed by atoms with Crippen molar-refractivity contribution >= 4 is 29.2 Å². The van der Waals surface area contributed by atoms with Crippen molar-refractivity contribution in [2.45, 2.75) is 12.0 Å². The number of carbonyl (C=O) groups is 3. The maximum atomic E-state index is 13.0. The Labute approximate surface area is 166 Å². The van der Waals surface area contributed by atoms with Gasteiger partial charge in [-0.3, -0.25) is 9.59 Å². The molecule has 8 nitrogen and oxygen atoms in total. The van der Waals surface area contributed by atoms with Crippen LogP contribution in [0.2, 0.25) is 0 Å². The van der Waals surface area contributed by atoms with Crippen molar-refractivity contribution < 1.29 is 24.2 Å². The Morgan fingerprint density at radius 1 is 1.17 bits per heavy atom. The number of ether oxygens (including phenoxy) is 1. The normalized spacial score (nSPS) is 20.0. The van der Waals surface area contributed by atoms with Crippen LogP contribution in [0.1, 0.15) is 17.5 Å². The highest BCUT2D eigenvalue weighted by Gasteiger charge is 2.57. The maximum absolute atomic E-state index is 13.0. The molecule has 2 aromatic rings. The van der Waals surface area contributed by atoms with Gasteiger partial charge < -0.3 is 15.2 Å². The van der Waals surface area contributed by atoms with Crippen LogP contribution in [0.5, 0.6) is 5.75 Å². The zero-order valence-electron chi connectivity index (χ0n) is 15.5. The number of amides is 2. The number of hydrogen-bond acceptors (Lipinski definition) is 5. The molecular weight excluding hydrogens is 374 g/mol. The summed E-state index contributed by atoms with van der Waals surface area (Å²) >= 11 is 0. The summed E-state index contributed by atoms with van der Waals surface area (Å²) in [5, 5.41) is 17.2. The number of fused-ring (bicyclic) bond motifs is 2. The van der Waals surface area contributed by atoms with Gasteiger partial charge in [0.15, 0.2) is 5.54 Å².